The Morgan fingerprint density at radius 3 is 2.84 bits per heavy atom. The summed E-state index contributed by atoms with van der Waals surface area (Å²) in [6, 6.07) is 0. The monoisotopic (exact) mass is 281 g/mol. The summed E-state index contributed by atoms with van der Waals surface area (Å²) in [4.78, 5) is 14.4. The van der Waals surface area contributed by atoms with Crippen molar-refractivity contribution in [1.82, 2.24) is 23.4 Å². The van der Waals surface area contributed by atoms with Crippen LogP contribution in [-0.4, -0.2) is 57.0 Å². The Balaban J connectivity index is 2.31. The molecule has 0 bridgehead atoms. The normalized spacial score (nSPS) is 10.9. The molecule has 2 aromatic rings. The Labute approximate surface area is 115 Å². The first-order valence-electron chi connectivity index (χ1n) is 5.70. The Hall–Kier alpha value is -1.80. The molecule has 102 valence electrons. The average molecular weight is 281 g/mol. The van der Waals surface area contributed by atoms with E-state index in [9.17, 15) is 4.79 Å². The lowest BCUT2D eigenvalue weighted by atomic mass is 10.2. The molecule has 2 rings (SSSR count). The molecule has 2 aromatic heterocycles. The fraction of sp³-hybridized carbons (Fsp3) is 0.455. The molecule has 7 nitrogen and oxygen atoms in total. The molecule has 0 amide bonds. The van der Waals surface area contributed by atoms with Gasteiger partial charge in [-0.05, 0) is 14.1 Å². The number of ketones is 1. The molecular weight excluding hydrogens is 266 g/mol. The van der Waals surface area contributed by atoms with E-state index in [0.29, 0.717) is 23.7 Å². The number of carbonyl (C=O) groups is 1. The predicted molar refractivity (Wildman–Crippen MR) is 70.7 cm³/mol. The molecule has 0 spiro atoms. The molecule has 2 heterocycles. The van der Waals surface area contributed by atoms with Crippen molar-refractivity contribution in [3.63, 3.8) is 0 Å². The van der Waals surface area contributed by atoms with Gasteiger partial charge in [0, 0.05) is 6.54 Å². The van der Waals surface area contributed by atoms with E-state index in [4.69, 9.17) is 4.74 Å². The van der Waals surface area contributed by atoms with E-state index in [0.717, 1.165) is 18.3 Å². The van der Waals surface area contributed by atoms with Crippen LogP contribution in [0.25, 0.3) is 0 Å². The molecule has 0 saturated heterocycles. The maximum atomic E-state index is 12.4. The minimum absolute atomic E-state index is 0.221. The van der Waals surface area contributed by atoms with Crippen LogP contribution in [0.1, 0.15) is 16.2 Å². The van der Waals surface area contributed by atoms with Crippen molar-refractivity contribution in [2.45, 2.75) is 6.54 Å². The van der Waals surface area contributed by atoms with Crippen LogP contribution in [0.15, 0.2) is 12.4 Å². The molecule has 0 fully saturated rings. The fourth-order valence-corrected chi connectivity index (χ4v) is 2.01. The van der Waals surface area contributed by atoms with Gasteiger partial charge < -0.3 is 9.64 Å². The van der Waals surface area contributed by atoms with Crippen molar-refractivity contribution in [3.8, 4) is 5.75 Å². The quantitative estimate of drug-likeness (QED) is 0.719. The molecule has 0 aliphatic rings. The van der Waals surface area contributed by atoms with E-state index >= 15 is 0 Å². The molecular formula is C11H15N5O2S. The van der Waals surface area contributed by atoms with Gasteiger partial charge in [-0.2, -0.15) is 13.8 Å². The standard InChI is InChI=1S/C11H15N5O2S/c1-15(2)4-5-16-10(9(18-3)7-12-16)11(17)8-6-13-19-14-8/h6-7H,4-5H2,1-3H3. The van der Waals surface area contributed by atoms with Crippen molar-refractivity contribution < 1.29 is 9.53 Å². The molecule has 0 saturated carbocycles. The van der Waals surface area contributed by atoms with Crippen LogP contribution in [-0.2, 0) is 6.54 Å². The van der Waals surface area contributed by atoms with Crippen LogP contribution < -0.4 is 4.74 Å². The van der Waals surface area contributed by atoms with Gasteiger partial charge in [0.15, 0.2) is 11.4 Å². The van der Waals surface area contributed by atoms with E-state index in [2.05, 4.69) is 13.8 Å². The zero-order valence-electron chi connectivity index (χ0n) is 11.0. The highest BCUT2D eigenvalue weighted by Crippen LogP contribution is 2.20. The van der Waals surface area contributed by atoms with Crippen molar-refractivity contribution in [2.24, 2.45) is 0 Å². The van der Waals surface area contributed by atoms with Crippen molar-refractivity contribution in [2.75, 3.05) is 27.7 Å². The largest absolute Gasteiger partial charge is 0.493 e. The van der Waals surface area contributed by atoms with E-state index in [1.807, 2.05) is 19.0 Å². The second kappa shape index (κ2) is 5.89. The van der Waals surface area contributed by atoms with Gasteiger partial charge in [0.2, 0.25) is 5.78 Å². The second-order valence-electron chi connectivity index (χ2n) is 4.21. The number of ether oxygens (including phenoxy) is 1. The van der Waals surface area contributed by atoms with Gasteiger partial charge in [0.1, 0.15) is 5.69 Å². The number of aromatic nitrogens is 4. The number of likely N-dealkylation sites (N-methyl/N-ethyl adjacent to an activating group) is 1. The van der Waals surface area contributed by atoms with Gasteiger partial charge in [0.25, 0.3) is 0 Å². The van der Waals surface area contributed by atoms with Crippen LogP contribution in [0.5, 0.6) is 5.75 Å². The highest BCUT2D eigenvalue weighted by Gasteiger charge is 2.22. The van der Waals surface area contributed by atoms with Gasteiger partial charge >= 0.3 is 0 Å². The minimum atomic E-state index is -0.221. The zero-order chi connectivity index (χ0) is 13.8. The third kappa shape index (κ3) is 2.96. The number of methoxy groups -OCH3 is 1. The van der Waals surface area contributed by atoms with Crippen LogP contribution >= 0.6 is 11.7 Å². The van der Waals surface area contributed by atoms with Gasteiger partial charge in [-0.15, -0.1) is 0 Å². The fourth-order valence-electron chi connectivity index (χ4n) is 1.60. The Morgan fingerprint density at radius 1 is 1.47 bits per heavy atom. The molecule has 0 atom stereocenters. The van der Waals surface area contributed by atoms with E-state index in [1.54, 1.807) is 10.9 Å². The topological polar surface area (TPSA) is 73.1 Å². The third-order valence-electron chi connectivity index (χ3n) is 2.59. The third-order valence-corrected chi connectivity index (χ3v) is 3.07. The number of hydrogen-bond donors (Lipinski definition) is 0. The maximum absolute atomic E-state index is 12.4. The molecule has 0 aliphatic heterocycles. The van der Waals surface area contributed by atoms with Crippen LogP contribution in [0, 0.1) is 0 Å². The number of nitrogens with zero attached hydrogens (tertiary/aromatic N) is 5. The molecule has 0 unspecified atom stereocenters. The summed E-state index contributed by atoms with van der Waals surface area (Å²) < 4.78 is 14.6. The lowest BCUT2D eigenvalue weighted by Gasteiger charge is -2.11. The first kappa shape index (κ1) is 13.6. The summed E-state index contributed by atoms with van der Waals surface area (Å²) in [7, 11) is 5.45. The number of hydrogen-bond acceptors (Lipinski definition) is 7. The second-order valence-corrected chi connectivity index (χ2v) is 4.77. The van der Waals surface area contributed by atoms with Crippen LogP contribution in [0.4, 0.5) is 0 Å². The van der Waals surface area contributed by atoms with Crippen LogP contribution in [0.2, 0.25) is 0 Å². The molecule has 0 N–H and O–H groups in total. The van der Waals surface area contributed by atoms with Gasteiger partial charge in [-0.1, -0.05) is 0 Å². The SMILES string of the molecule is COc1cnn(CCN(C)C)c1C(=O)c1cnsn1. The Bertz CT molecular complexity index is 549. The Morgan fingerprint density at radius 2 is 2.26 bits per heavy atom. The molecule has 0 aliphatic carbocycles. The maximum Gasteiger partial charge on any atom is 0.235 e. The highest BCUT2D eigenvalue weighted by molar-refractivity contribution is 6.99. The molecule has 8 heteroatoms. The molecule has 19 heavy (non-hydrogen) atoms. The van der Waals surface area contributed by atoms with E-state index in [-0.39, 0.29) is 5.78 Å². The lowest BCUT2D eigenvalue weighted by Crippen LogP contribution is -2.22. The summed E-state index contributed by atoms with van der Waals surface area (Å²) in [5.74, 6) is 0.235. The summed E-state index contributed by atoms with van der Waals surface area (Å²) in [5, 5.41) is 4.19. The van der Waals surface area contributed by atoms with Crippen molar-refractivity contribution in [3.05, 3.63) is 23.8 Å². The van der Waals surface area contributed by atoms with Crippen LogP contribution in [0.3, 0.4) is 0 Å². The first-order chi connectivity index (χ1) is 9.13. The van der Waals surface area contributed by atoms with Gasteiger partial charge in [0.05, 0.1) is 37.8 Å². The van der Waals surface area contributed by atoms with Gasteiger partial charge in [-0.3, -0.25) is 9.48 Å². The summed E-state index contributed by atoms with van der Waals surface area (Å²) in [5.41, 5.74) is 0.729. The lowest BCUT2D eigenvalue weighted by molar-refractivity contribution is 0.102. The number of rotatable bonds is 6. The van der Waals surface area contributed by atoms with Gasteiger partial charge in [-0.25, -0.2) is 0 Å². The first-order valence-corrected chi connectivity index (χ1v) is 6.43. The van der Waals surface area contributed by atoms with Crippen molar-refractivity contribution >= 4 is 17.5 Å². The van der Waals surface area contributed by atoms with E-state index < -0.39 is 0 Å². The smallest absolute Gasteiger partial charge is 0.235 e. The average Bonchev–Trinajstić information content (AvgIpc) is 3.04. The number of carbonyl (C=O) groups excluding carboxylic acids is 1. The van der Waals surface area contributed by atoms with E-state index in [1.165, 1.54) is 13.3 Å². The Kier molecular flexibility index (Phi) is 4.23. The summed E-state index contributed by atoms with van der Waals surface area (Å²) in [6.45, 7) is 1.38. The minimum Gasteiger partial charge on any atom is -0.493 e. The van der Waals surface area contributed by atoms with Crippen molar-refractivity contribution in [1.29, 1.82) is 0 Å². The predicted octanol–water partition coefficient (Wildman–Crippen LogP) is 0.536. The molecule has 0 radical (unpaired) electrons. The molecule has 0 aromatic carbocycles. The zero-order valence-corrected chi connectivity index (χ0v) is 11.8. The highest BCUT2D eigenvalue weighted by atomic mass is 32.1. The summed E-state index contributed by atoms with van der Waals surface area (Å²) in [6.07, 6.45) is 3.00. The summed E-state index contributed by atoms with van der Waals surface area (Å²) >= 11 is 1.00.